The molecule has 0 unspecified atom stereocenters. The molecule has 0 bridgehead atoms. The van der Waals surface area contributed by atoms with E-state index in [0.717, 1.165) is 21.9 Å². The van der Waals surface area contributed by atoms with E-state index in [4.69, 9.17) is 0 Å². The van der Waals surface area contributed by atoms with Crippen LogP contribution in [0.15, 0.2) is 72.8 Å². The number of nitrogens with one attached hydrogen (secondary N) is 1. The van der Waals surface area contributed by atoms with E-state index in [9.17, 15) is 14.7 Å². The highest BCUT2D eigenvalue weighted by Gasteiger charge is 2.22. The molecular weight excluding hydrogens is 364 g/mol. The number of carboxylic acid groups (broad SMARTS) is 1. The van der Waals surface area contributed by atoms with Crippen molar-refractivity contribution in [2.75, 3.05) is 13.1 Å². The smallest absolute Gasteiger partial charge is 0.326 e. The van der Waals surface area contributed by atoms with E-state index < -0.39 is 12.0 Å². The lowest BCUT2D eigenvalue weighted by Crippen LogP contribution is -2.46. The number of rotatable bonds is 9. The van der Waals surface area contributed by atoms with E-state index in [2.05, 4.69) is 5.32 Å². The number of carbonyl (C=O) groups is 2. The van der Waals surface area contributed by atoms with Crippen LogP contribution in [0, 0.1) is 0 Å². The van der Waals surface area contributed by atoms with Crippen molar-refractivity contribution in [3.63, 3.8) is 0 Å². The topological polar surface area (TPSA) is 69.6 Å². The molecule has 1 atom stereocenters. The van der Waals surface area contributed by atoms with Gasteiger partial charge in [-0.15, -0.1) is 0 Å². The predicted octanol–water partition coefficient (Wildman–Crippen LogP) is 3.47. The zero-order valence-corrected chi connectivity index (χ0v) is 16.5. The highest BCUT2D eigenvalue weighted by Crippen LogP contribution is 2.20. The summed E-state index contributed by atoms with van der Waals surface area (Å²) in [7, 11) is 0. The van der Waals surface area contributed by atoms with E-state index in [1.54, 1.807) is 0 Å². The number of amides is 1. The molecule has 0 aromatic heterocycles. The Morgan fingerprint density at radius 3 is 2.38 bits per heavy atom. The Bertz CT molecular complexity index is 967. The van der Waals surface area contributed by atoms with Crippen LogP contribution in [0.4, 0.5) is 0 Å². The number of hydrogen-bond acceptors (Lipinski definition) is 3. The van der Waals surface area contributed by atoms with Crippen molar-refractivity contribution in [3.8, 4) is 0 Å². The lowest BCUT2D eigenvalue weighted by Gasteiger charge is -2.22. The number of likely N-dealkylation sites (N-methyl/N-ethyl adjacent to an activating group) is 1. The van der Waals surface area contributed by atoms with E-state index in [-0.39, 0.29) is 18.9 Å². The maximum Gasteiger partial charge on any atom is 0.326 e. The van der Waals surface area contributed by atoms with Gasteiger partial charge in [-0.25, -0.2) is 4.79 Å². The van der Waals surface area contributed by atoms with Gasteiger partial charge < -0.3 is 10.4 Å². The summed E-state index contributed by atoms with van der Waals surface area (Å²) < 4.78 is 0. The van der Waals surface area contributed by atoms with E-state index in [1.165, 1.54) is 0 Å². The second kappa shape index (κ2) is 9.85. The predicted molar refractivity (Wildman–Crippen MR) is 115 cm³/mol. The van der Waals surface area contributed by atoms with Gasteiger partial charge in [0, 0.05) is 13.0 Å². The van der Waals surface area contributed by atoms with Crippen LogP contribution in [0.25, 0.3) is 10.8 Å². The molecule has 3 rings (SSSR count). The summed E-state index contributed by atoms with van der Waals surface area (Å²) in [6, 6.07) is 22.6. The van der Waals surface area contributed by atoms with Gasteiger partial charge >= 0.3 is 5.97 Å². The quantitative estimate of drug-likeness (QED) is 0.587. The molecule has 0 heterocycles. The lowest BCUT2D eigenvalue weighted by atomic mass is 9.99. The van der Waals surface area contributed by atoms with Gasteiger partial charge in [0.2, 0.25) is 5.91 Å². The summed E-state index contributed by atoms with van der Waals surface area (Å²) in [6.45, 7) is 3.49. The molecule has 0 aliphatic rings. The third kappa shape index (κ3) is 5.65. The third-order valence-electron chi connectivity index (χ3n) is 5.00. The van der Waals surface area contributed by atoms with Crippen molar-refractivity contribution < 1.29 is 14.7 Å². The Kier molecular flexibility index (Phi) is 6.98. The first-order valence-corrected chi connectivity index (χ1v) is 9.82. The molecular formula is C24H26N2O3. The molecule has 29 heavy (non-hydrogen) atoms. The van der Waals surface area contributed by atoms with E-state index >= 15 is 0 Å². The summed E-state index contributed by atoms with van der Waals surface area (Å²) in [5.41, 5.74) is 2.03. The normalized spacial score (nSPS) is 12.1. The van der Waals surface area contributed by atoms with Gasteiger partial charge in [0.15, 0.2) is 0 Å². The number of nitrogens with zero attached hydrogens (tertiary/aromatic N) is 1. The average molecular weight is 390 g/mol. The Balaban J connectivity index is 1.66. The second-order valence-corrected chi connectivity index (χ2v) is 7.09. The monoisotopic (exact) mass is 390 g/mol. The molecule has 150 valence electrons. The fourth-order valence-electron chi connectivity index (χ4n) is 3.45. The molecule has 0 saturated carbocycles. The molecule has 1 amide bonds. The Morgan fingerprint density at radius 1 is 0.966 bits per heavy atom. The van der Waals surface area contributed by atoms with Crippen LogP contribution in [0.3, 0.4) is 0 Å². The van der Waals surface area contributed by atoms with Crippen LogP contribution in [-0.4, -0.2) is 41.0 Å². The maximum absolute atomic E-state index is 12.6. The number of carboxylic acids is 1. The largest absolute Gasteiger partial charge is 0.480 e. The van der Waals surface area contributed by atoms with Gasteiger partial charge in [-0.2, -0.15) is 0 Å². The first-order valence-electron chi connectivity index (χ1n) is 9.82. The van der Waals surface area contributed by atoms with Gasteiger partial charge in [-0.05, 0) is 28.4 Å². The zero-order valence-electron chi connectivity index (χ0n) is 16.5. The molecule has 5 nitrogen and oxygen atoms in total. The highest BCUT2D eigenvalue weighted by molar-refractivity contribution is 5.88. The first kappa shape index (κ1) is 20.6. The molecule has 0 aliphatic heterocycles. The van der Waals surface area contributed by atoms with Gasteiger partial charge in [-0.3, -0.25) is 9.69 Å². The Labute approximate surface area is 171 Å². The number of benzene rings is 3. The number of fused-ring (bicyclic) bond motifs is 1. The molecule has 5 heteroatoms. The highest BCUT2D eigenvalue weighted by atomic mass is 16.4. The van der Waals surface area contributed by atoms with E-state index in [1.807, 2.05) is 84.6 Å². The first-order chi connectivity index (χ1) is 14.1. The average Bonchev–Trinajstić information content (AvgIpc) is 2.73. The van der Waals surface area contributed by atoms with Gasteiger partial charge in [0.05, 0.1) is 6.54 Å². The van der Waals surface area contributed by atoms with Crippen molar-refractivity contribution >= 4 is 22.6 Å². The van der Waals surface area contributed by atoms with Crippen LogP contribution in [0.5, 0.6) is 0 Å². The van der Waals surface area contributed by atoms with Crippen LogP contribution in [0.1, 0.15) is 18.1 Å². The molecule has 3 aromatic rings. The molecule has 0 fully saturated rings. The van der Waals surface area contributed by atoms with Crippen molar-refractivity contribution in [1.82, 2.24) is 10.2 Å². The van der Waals surface area contributed by atoms with Crippen molar-refractivity contribution in [1.29, 1.82) is 0 Å². The molecule has 0 spiro atoms. The standard InChI is InChI=1S/C24H26N2O3/c1-2-26(16-18-9-4-3-5-10-18)17-23(27)25-22(24(28)29)15-20-13-8-12-19-11-6-7-14-21(19)20/h3-14,22H,2,15-17H2,1H3,(H,25,27)(H,28,29)/t22-/m0/s1. The molecule has 2 N–H and O–H groups in total. The van der Waals surface area contributed by atoms with Crippen molar-refractivity contribution in [2.24, 2.45) is 0 Å². The maximum atomic E-state index is 12.6. The summed E-state index contributed by atoms with van der Waals surface area (Å²) in [5, 5.41) is 14.4. The number of carbonyl (C=O) groups excluding carboxylic acids is 1. The zero-order chi connectivity index (χ0) is 20.6. The molecule has 0 saturated heterocycles. The van der Waals surface area contributed by atoms with Crippen molar-refractivity contribution in [3.05, 3.63) is 83.9 Å². The number of aliphatic carboxylic acids is 1. The fourth-order valence-corrected chi connectivity index (χ4v) is 3.45. The second-order valence-electron chi connectivity index (χ2n) is 7.09. The van der Waals surface area contributed by atoms with Crippen LogP contribution in [0.2, 0.25) is 0 Å². The summed E-state index contributed by atoms with van der Waals surface area (Å²) in [6.07, 6.45) is 0.243. The summed E-state index contributed by atoms with van der Waals surface area (Å²) in [4.78, 5) is 26.3. The minimum atomic E-state index is -1.03. The summed E-state index contributed by atoms with van der Waals surface area (Å²) in [5.74, 6) is -1.31. The van der Waals surface area contributed by atoms with Crippen LogP contribution < -0.4 is 5.32 Å². The van der Waals surface area contributed by atoms with Crippen molar-refractivity contribution in [2.45, 2.75) is 25.9 Å². The molecule has 0 aliphatic carbocycles. The fraction of sp³-hybridized carbons (Fsp3) is 0.250. The molecule has 0 radical (unpaired) electrons. The van der Waals surface area contributed by atoms with Gasteiger partial charge in [0.25, 0.3) is 0 Å². The van der Waals surface area contributed by atoms with Crippen LogP contribution in [-0.2, 0) is 22.6 Å². The van der Waals surface area contributed by atoms with Crippen LogP contribution >= 0.6 is 0 Å². The number of hydrogen-bond donors (Lipinski definition) is 2. The Morgan fingerprint density at radius 2 is 1.66 bits per heavy atom. The summed E-state index contributed by atoms with van der Waals surface area (Å²) >= 11 is 0. The SMILES string of the molecule is CCN(CC(=O)N[C@@H](Cc1cccc2ccccc12)C(=O)O)Cc1ccccc1. The van der Waals surface area contributed by atoms with Gasteiger partial charge in [0.1, 0.15) is 6.04 Å². The minimum Gasteiger partial charge on any atom is -0.480 e. The molecule has 3 aromatic carbocycles. The minimum absolute atomic E-state index is 0.157. The van der Waals surface area contributed by atoms with Gasteiger partial charge in [-0.1, -0.05) is 79.7 Å². The van der Waals surface area contributed by atoms with E-state index in [0.29, 0.717) is 13.1 Å². The Hall–Kier alpha value is -3.18. The lowest BCUT2D eigenvalue weighted by molar-refractivity contribution is -0.142. The third-order valence-corrected chi connectivity index (χ3v) is 5.00.